The Morgan fingerprint density at radius 3 is 2.36 bits per heavy atom. The molecular weight excluding hydrogens is 480 g/mol. The summed E-state index contributed by atoms with van der Waals surface area (Å²) < 4.78 is 31.5. The highest BCUT2D eigenvalue weighted by Crippen LogP contribution is 2.69. The van der Waals surface area contributed by atoms with Gasteiger partial charge in [-0.25, -0.2) is 9.52 Å². The highest BCUT2D eigenvalue weighted by atomic mass is 32.2. The highest BCUT2D eigenvalue weighted by Gasteiger charge is 2.64. The zero-order chi connectivity index (χ0) is 26.5. The Labute approximate surface area is 217 Å². The summed E-state index contributed by atoms with van der Waals surface area (Å²) in [6, 6.07) is 0. The molecule has 0 unspecified atom stereocenters. The molecule has 10 atom stereocenters. The number of amides is 1. The molecule has 4 rings (SSSR count). The predicted molar refractivity (Wildman–Crippen MR) is 138 cm³/mol. The number of hydrogen-bond donors (Lipinski definition) is 3. The molecular formula is C27H48N2O6S. The maximum absolute atomic E-state index is 11.9. The van der Waals surface area contributed by atoms with Crippen molar-refractivity contribution in [3.05, 3.63) is 0 Å². The van der Waals surface area contributed by atoms with Crippen LogP contribution in [-0.2, 0) is 14.9 Å². The largest absolute Gasteiger partial charge is 0.449 e. The number of ether oxygens (including phenoxy) is 1. The first kappa shape index (κ1) is 28.1. The fourth-order valence-electron chi connectivity index (χ4n) is 9.26. The maximum atomic E-state index is 11.9. The molecule has 0 aromatic rings. The van der Waals surface area contributed by atoms with Crippen LogP contribution in [-0.4, -0.2) is 61.9 Å². The Bertz CT molecular complexity index is 912. The van der Waals surface area contributed by atoms with Crippen LogP contribution in [0.5, 0.6) is 0 Å². The van der Waals surface area contributed by atoms with Gasteiger partial charge in [0.25, 0.3) is 0 Å². The van der Waals surface area contributed by atoms with Crippen molar-refractivity contribution in [2.45, 2.75) is 97.2 Å². The lowest BCUT2D eigenvalue weighted by Crippen LogP contribution is -2.62. The molecule has 4 fully saturated rings. The van der Waals surface area contributed by atoms with Crippen molar-refractivity contribution in [2.75, 3.05) is 20.7 Å². The summed E-state index contributed by atoms with van der Waals surface area (Å²) in [7, 11) is -1.14. The second-order valence-electron chi connectivity index (χ2n) is 12.9. The van der Waals surface area contributed by atoms with Crippen molar-refractivity contribution < 1.29 is 28.2 Å². The fraction of sp³-hybridized carbons (Fsp3) is 0.963. The van der Waals surface area contributed by atoms with E-state index in [9.17, 15) is 23.4 Å². The third kappa shape index (κ3) is 4.82. The van der Waals surface area contributed by atoms with Gasteiger partial charge < -0.3 is 14.9 Å². The topological polar surface area (TPSA) is 116 Å². The van der Waals surface area contributed by atoms with Crippen LogP contribution in [0.3, 0.4) is 0 Å². The van der Waals surface area contributed by atoms with Gasteiger partial charge in [-0.2, -0.15) is 12.7 Å². The highest BCUT2D eigenvalue weighted by molar-refractivity contribution is 7.87. The summed E-state index contributed by atoms with van der Waals surface area (Å²) >= 11 is 0. The Kier molecular flexibility index (Phi) is 8.08. The van der Waals surface area contributed by atoms with E-state index >= 15 is 0 Å². The number of aliphatic hydroxyl groups excluding tert-OH is 2. The molecule has 0 spiro atoms. The van der Waals surface area contributed by atoms with E-state index in [2.05, 4.69) is 20.8 Å². The molecule has 8 nitrogen and oxygen atoms in total. The van der Waals surface area contributed by atoms with Crippen LogP contribution in [0, 0.1) is 46.3 Å². The molecule has 1 amide bonds. The standard InChI is InChI=1S/C27H48N2O6S/c1-6-19-22-16-18(30)11-13-27(22,3)21-12-14-26(2)17(9-10-20(26)23(21)24(19)31)8-7-15-35-25(32)28-36(33,34)29(4)5/h17-24,30-31H,6-16H2,1-5H3,(H,28,32)/t17-,18+,19+,20-,21-,22-,23-,24+,26+,27+/m0/s1. The number of rotatable bonds is 7. The van der Waals surface area contributed by atoms with E-state index in [-0.39, 0.29) is 35.6 Å². The summed E-state index contributed by atoms with van der Waals surface area (Å²) in [6.45, 7) is 7.29. The predicted octanol–water partition coefficient (Wildman–Crippen LogP) is 3.93. The number of carbonyl (C=O) groups is 1. The minimum atomic E-state index is -3.84. The molecule has 36 heavy (non-hydrogen) atoms. The van der Waals surface area contributed by atoms with Crippen molar-refractivity contribution in [3.8, 4) is 0 Å². The summed E-state index contributed by atoms with van der Waals surface area (Å²) in [4.78, 5) is 11.9. The molecule has 9 heteroatoms. The first-order valence-corrected chi connectivity index (χ1v) is 15.5. The lowest BCUT2D eigenvalue weighted by atomic mass is 9.41. The van der Waals surface area contributed by atoms with Crippen LogP contribution >= 0.6 is 0 Å². The Morgan fingerprint density at radius 1 is 1.03 bits per heavy atom. The number of carbonyl (C=O) groups excluding carboxylic acids is 1. The van der Waals surface area contributed by atoms with Crippen LogP contribution in [0.4, 0.5) is 4.79 Å². The lowest BCUT2D eigenvalue weighted by molar-refractivity contribution is -0.202. The Hall–Kier alpha value is -0.900. The summed E-state index contributed by atoms with van der Waals surface area (Å²) in [5.41, 5.74) is 0.381. The minimum absolute atomic E-state index is 0.175. The molecule has 0 bridgehead atoms. The first-order chi connectivity index (χ1) is 16.8. The van der Waals surface area contributed by atoms with E-state index < -0.39 is 16.3 Å². The van der Waals surface area contributed by atoms with Gasteiger partial charge in [-0.3, -0.25) is 0 Å². The smallest absolute Gasteiger partial charge is 0.421 e. The van der Waals surface area contributed by atoms with Crippen LogP contribution < -0.4 is 4.72 Å². The molecule has 4 aliphatic carbocycles. The molecule has 0 saturated heterocycles. The number of nitrogens with zero attached hydrogens (tertiary/aromatic N) is 1. The van der Waals surface area contributed by atoms with Crippen molar-refractivity contribution in [1.82, 2.24) is 9.03 Å². The van der Waals surface area contributed by atoms with Gasteiger partial charge in [0.2, 0.25) is 0 Å². The SMILES string of the molecule is CC[C@H]1[C@@H](O)[C@@H]2[C@H](CC[C@]3(C)[C@@H](CCCOC(=O)NS(=O)(=O)N(C)C)CC[C@@H]23)[C@@]2(C)CC[C@@H](O)C[C@@H]12. The van der Waals surface area contributed by atoms with Crippen LogP contribution in [0.15, 0.2) is 0 Å². The third-order valence-electron chi connectivity index (χ3n) is 11.2. The van der Waals surface area contributed by atoms with Gasteiger partial charge in [-0.05, 0) is 104 Å². The van der Waals surface area contributed by atoms with E-state index in [0.29, 0.717) is 36.0 Å². The molecule has 0 radical (unpaired) electrons. The molecule has 0 heterocycles. The minimum Gasteiger partial charge on any atom is -0.449 e. The lowest BCUT2D eigenvalue weighted by Gasteiger charge is -2.64. The molecule has 0 aliphatic heterocycles. The molecule has 3 N–H and O–H groups in total. The van der Waals surface area contributed by atoms with Gasteiger partial charge in [0, 0.05) is 14.1 Å². The second-order valence-corrected chi connectivity index (χ2v) is 14.8. The van der Waals surface area contributed by atoms with Gasteiger partial charge in [0.05, 0.1) is 18.8 Å². The average molecular weight is 529 g/mol. The van der Waals surface area contributed by atoms with Crippen molar-refractivity contribution >= 4 is 16.3 Å². The van der Waals surface area contributed by atoms with Gasteiger partial charge in [0.1, 0.15) is 0 Å². The van der Waals surface area contributed by atoms with Crippen LogP contribution in [0.25, 0.3) is 0 Å². The van der Waals surface area contributed by atoms with Crippen LogP contribution in [0.2, 0.25) is 0 Å². The number of nitrogens with one attached hydrogen (secondary N) is 1. The van der Waals surface area contributed by atoms with E-state index in [0.717, 1.165) is 55.7 Å². The van der Waals surface area contributed by atoms with Gasteiger partial charge >= 0.3 is 16.3 Å². The molecule has 0 aromatic carbocycles. The normalized spacial score (nSPS) is 44.4. The van der Waals surface area contributed by atoms with Gasteiger partial charge in [0.15, 0.2) is 0 Å². The monoisotopic (exact) mass is 528 g/mol. The van der Waals surface area contributed by atoms with Crippen LogP contribution in [0.1, 0.15) is 85.0 Å². The quantitative estimate of drug-likeness (QED) is 0.431. The van der Waals surface area contributed by atoms with E-state index in [1.165, 1.54) is 20.5 Å². The zero-order valence-corrected chi connectivity index (χ0v) is 23.6. The third-order valence-corrected chi connectivity index (χ3v) is 12.6. The van der Waals surface area contributed by atoms with Crippen molar-refractivity contribution in [3.63, 3.8) is 0 Å². The summed E-state index contributed by atoms with van der Waals surface area (Å²) in [5, 5.41) is 22.2. The van der Waals surface area contributed by atoms with Gasteiger partial charge in [-0.15, -0.1) is 0 Å². The van der Waals surface area contributed by atoms with E-state index in [1.54, 1.807) is 0 Å². The van der Waals surface area contributed by atoms with E-state index in [1.807, 2.05) is 4.72 Å². The number of fused-ring (bicyclic) bond motifs is 5. The molecule has 208 valence electrons. The molecule has 4 saturated carbocycles. The zero-order valence-electron chi connectivity index (χ0n) is 22.8. The first-order valence-electron chi connectivity index (χ1n) is 14.1. The summed E-state index contributed by atoms with van der Waals surface area (Å²) in [5.74, 6) is 2.54. The Balaban J connectivity index is 1.40. The van der Waals surface area contributed by atoms with Crippen molar-refractivity contribution in [2.24, 2.45) is 46.3 Å². The number of aliphatic hydroxyl groups is 2. The van der Waals surface area contributed by atoms with E-state index in [4.69, 9.17) is 4.74 Å². The van der Waals surface area contributed by atoms with Gasteiger partial charge in [-0.1, -0.05) is 27.2 Å². The molecule has 0 aromatic heterocycles. The van der Waals surface area contributed by atoms with Crippen molar-refractivity contribution in [1.29, 1.82) is 0 Å². The average Bonchev–Trinajstić information content (AvgIpc) is 3.14. The number of hydrogen-bond acceptors (Lipinski definition) is 6. The summed E-state index contributed by atoms with van der Waals surface area (Å²) in [6.07, 6.45) is 8.53. The fourth-order valence-corrected chi connectivity index (χ4v) is 9.71. The molecule has 4 aliphatic rings. The second kappa shape index (κ2) is 10.3. The Morgan fingerprint density at radius 2 is 1.69 bits per heavy atom. The maximum Gasteiger partial charge on any atom is 0.421 e.